The van der Waals surface area contributed by atoms with Crippen LogP contribution in [0.25, 0.3) is 211 Å². The smallest absolute Gasteiger partial charge is 0.227 e. The Bertz CT molecular complexity index is 8650. The predicted octanol–water partition coefficient (Wildman–Crippen LogP) is 25.5. The number of rotatable bonds is 13. The van der Waals surface area contributed by atoms with Gasteiger partial charge in [0.25, 0.3) is 0 Å². The molecule has 0 amide bonds. The van der Waals surface area contributed by atoms with Crippen LogP contribution in [0, 0.1) is 20.8 Å². The molecule has 0 bridgehead atoms. The van der Waals surface area contributed by atoms with Gasteiger partial charge in [-0.15, -0.1) is 0 Å². The Kier molecular flexibility index (Phi) is 23.1. The molecule has 140 heavy (non-hydrogen) atoms. The average molecular weight is 1840 g/mol. The molecule has 16 heterocycles. The van der Waals surface area contributed by atoms with Crippen LogP contribution >= 0.6 is 0 Å². The first kappa shape index (κ1) is 87.0. The summed E-state index contributed by atoms with van der Waals surface area (Å²) in [4.78, 5) is 60.0. The van der Waals surface area contributed by atoms with E-state index in [0.29, 0.717) is 18.1 Å². The molecule has 0 saturated carbocycles. The van der Waals surface area contributed by atoms with Gasteiger partial charge in [-0.2, -0.15) is 0 Å². The Labute approximate surface area is 809 Å². The van der Waals surface area contributed by atoms with E-state index in [1.54, 1.807) is 18.6 Å². The van der Waals surface area contributed by atoms with Crippen LogP contribution in [0.3, 0.4) is 0 Å². The van der Waals surface area contributed by atoms with Gasteiger partial charge in [-0.1, -0.05) is 175 Å². The van der Waals surface area contributed by atoms with Crippen molar-refractivity contribution in [2.75, 3.05) is 59.5 Å². The number of hydrogen-bond acceptors (Lipinski definition) is 15. The van der Waals surface area contributed by atoms with Crippen molar-refractivity contribution < 1.29 is 13.9 Å². The van der Waals surface area contributed by atoms with Crippen LogP contribution in [0.2, 0.25) is 0 Å². The number of ether oxygens (including phenoxy) is 1. The SMILES string of the molecule is CC(=O)n1cc(-c2nc3c(-c4ccc5ccccc5c4)ccnc3n2C2CCNCC2)c2ccccc21.COc1ccc2[nH]cc(-c3nc4c(-c5ccc6ccccc6c5)ccnc4n3C3CCNCC3)c2c1.Cc1cc(-c2nc3c(-c4ccc5ccccc5c4)ccnc3n2C2CCNCC2)oc1C.Cc1ccc2[nH]cc(-c3nc4c(-c5ccc6ccccc6c5)ccnc4n3C3CCNCC3)c2c1. The summed E-state index contributed by atoms with van der Waals surface area (Å²) in [6.45, 7) is 15.8. The number of para-hydroxylation sites is 1. The van der Waals surface area contributed by atoms with E-state index in [2.05, 4.69) is 312 Å². The summed E-state index contributed by atoms with van der Waals surface area (Å²) in [5.74, 6) is 6.29. The zero-order valence-corrected chi connectivity index (χ0v) is 79.0. The van der Waals surface area contributed by atoms with Gasteiger partial charge >= 0.3 is 0 Å². The first-order valence-corrected chi connectivity index (χ1v) is 49.1. The number of pyridine rings is 4. The number of furan rings is 1. The molecule has 0 radical (unpaired) electrons. The molecule has 0 aliphatic carbocycles. The maximum absolute atomic E-state index is 12.5. The quantitative estimate of drug-likeness (QED) is 0.0628. The first-order chi connectivity index (χ1) is 68.9. The molecular formula is C118H107N19O3. The summed E-state index contributed by atoms with van der Waals surface area (Å²) in [5.41, 5.74) is 25.2. The normalized spacial score (nSPS) is 14.8. The summed E-state index contributed by atoms with van der Waals surface area (Å²) in [7, 11) is 1.71. The molecule has 0 spiro atoms. The lowest BCUT2D eigenvalue weighted by molar-refractivity contribution is 0.0941. The van der Waals surface area contributed by atoms with E-state index in [9.17, 15) is 4.79 Å². The zero-order chi connectivity index (χ0) is 94.0. The number of benzene rings is 11. The van der Waals surface area contributed by atoms with Gasteiger partial charge in [0.2, 0.25) is 5.91 Å². The first-order valence-electron chi connectivity index (χ1n) is 49.1. The molecule has 4 aliphatic rings. The van der Waals surface area contributed by atoms with Crippen LogP contribution in [0.4, 0.5) is 0 Å². The van der Waals surface area contributed by atoms with Crippen LogP contribution in [0.1, 0.15) is 104 Å². The van der Waals surface area contributed by atoms with Crippen molar-refractivity contribution >= 4 is 126 Å². The number of H-pyrrole nitrogens is 2. The minimum Gasteiger partial charge on any atom is -0.497 e. The summed E-state index contributed by atoms with van der Waals surface area (Å²) in [5, 5.41) is 27.1. The van der Waals surface area contributed by atoms with Crippen molar-refractivity contribution in [3.8, 4) is 96.0 Å². The van der Waals surface area contributed by atoms with E-state index < -0.39 is 0 Å². The van der Waals surface area contributed by atoms with Crippen LogP contribution in [-0.2, 0) is 0 Å². The zero-order valence-electron chi connectivity index (χ0n) is 79.0. The molecule has 4 aliphatic heterocycles. The summed E-state index contributed by atoms with van der Waals surface area (Å²) < 4.78 is 22.8. The Balaban J connectivity index is 0.000000101. The van der Waals surface area contributed by atoms with E-state index >= 15 is 0 Å². The third-order valence-electron chi connectivity index (χ3n) is 29.1. The molecule has 11 aromatic carbocycles. The highest BCUT2D eigenvalue weighted by molar-refractivity contribution is 6.06. The molecular weight excluding hydrogens is 1730 g/mol. The Morgan fingerprint density at radius 2 is 0.686 bits per heavy atom. The molecule has 0 unspecified atom stereocenters. The molecule has 0 atom stereocenters. The molecule has 6 N–H and O–H groups in total. The number of aromatic amines is 2. The van der Waals surface area contributed by atoms with E-state index in [4.69, 9.17) is 49.0 Å². The number of nitrogens with one attached hydrogen (secondary N) is 6. The monoisotopic (exact) mass is 1840 g/mol. The number of methoxy groups -OCH3 is 1. The van der Waals surface area contributed by atoms with E-state index in [-0.39, 0.29) is 11.9 Å². The fourth-order valence-corrected chi connectivity index (χ4v) is 21.8. The van der Waals surface area contributed by atoms with Gasteiger partial charge in [0.05, 0.1) is 12.6 Å². The third-order valence-corrected chi connectivity index (χ3v) is 29.1. The van der Waals surface area contributed by atoms with E-state index in [1.165, 1.54) is 59.6 Å². The minimum atomic E-state index is -0.0121. The fourth-order valence-electron chi connectivity index (χ4n) is 21.8. The van der Waals surface area contributed by atoms with E-state index in [0.717, 1.165) is 277 Å². The second-order valence-electron chi connectivity index (χ2n) is 37.7. The number of aryl methyl sites for hydroxylation is 3. The molecule has 27 rings (SSSR count). The number of hydrogen-bond donors (Lipinski definition) is 6. The number of nitrogens with zero attached hydrogens (tertiary/aromatic N) is 13. The van der Waals surface area contributed by atoms with Crippen molar-refractivity contribution in [2.24, 2.45) is 0 Å². The fraction of sp³-hybridized carbons (Fsp3) is 0.212. The van der Waals surface area contributed by atoms with Gasteiger partial charge in [0.15, 0.2) is 34.2 Å². The van der Waals surface area contributed by atoms with Crippen LogP contribution in [0.15, 0.2) is 309 Å². The van der Waals surface area contributed by atoms with Crippen LogP contribution < -0.4 is 26.0 Å². The highest BCUT2D eigenvalue weighted by atomic mass is 16.5. The second-order valence-corrected chi connectivity index (χ2v) is 37.7. The maximum atomic E-state index is 12.5. The summed E-state index contributed by atoms with van der Waals surface area (Å²) in [6, 6.07) is 92.9. The Morgan fingerprint density at radius 1 is 0.343 bits per heavy atom. The molecule has 12 aromatic heterocycles. The number of carbonyl (C=O) groups is 1. The molecule has 4 fully saturated rings. The number of fused-ring (bicyclic) bond motifs is 11. The summed E-state index contributed by atoms with van der Waals surface area (Å²) >= 11 is 0. The van der Waals surface area contributed by atoms with Gasteiger partial charge in [-0.05, 0) is 286 Å². The summed E-state index contributed by atoms with van der Waals surface area (Å²) in [6.07, 6.45) is 22.2. The van der Waals surface area contributed by atoms with Crippen molar-refractivity contribution in [1.29, 1.82) is 0 Å². The maximum Gasteiger partial charge on any atom is 0.227 e. The highest BCUT2D eigenvalue weighted by Crippen LogP contribution is 2.46. The van der Waals surface area contributed by atoms with Crippen molar-refractivity contribution in [2.45, 2.75) is 103 Å². The number of aromatic nitrogens is 15. The third kappa shape index (κ3) is 16.2. The lowest BCUT2D eigenvalue weighted by Crippen LogP contribution is -2.29. The molecule has 22 nitrogen and oxygen atoms in total. The van der Waals surface area contributed by atoms with Crippen LogP contribution in [-0.4, -0.2) is 138 Å². The van der Waals surface area contributed by atoms with Gasteiger partial charge in [-0.25, -0.2) is 39.9 Å². The lowest BCUT2D eigenvalue weighted by Gasteiger charge is -2.25. The van der Waals surface area contributed by atoms with Crippen molar-refractivity contribution in [3.63, 3.8) is 0 Å². The highest BCUT2D eigenvalue weighted by Gasteiger charge is 2.33. The van der Waals surface area contributed by atoms with E-state index in [1.807, 2.05) is 62.2 Å². The van der Waals surface area contributed by atoms with Crippen LogP contribution in [0.5, 0.6) is 5.75 Å². The molecule has 22 heteroatoms. The number of carbonyl (C=O) groups excluding carboxylic acids is 1. The predicted molar refractivity (Wildman–Crippen MR) is 567 cm³/mol. The second kappa shape index (κ2) is 37.2. The molecule has 23 aromatic rings. The number of piperidine rings is 4. The standard InChI is InChI=1S/C31H27N5O.C30H27N5O.C30H27N5.C27H26N4O/c1-20(37)35-19-27(26-8-4-5-9-28(26)35)30-34-29-25(23-11-10-21-6-2-3-7-22(21)18-23)14-17-33-31(29)36(30)24-12-15-32-16-13-24;1-36-23-8-9-27-25(17-23)26(18-33-27)29-34-28-24(21-7-6-19-4-2-3-5-20(19)16-21)12-15-32-30(28)35(29)22-10-13-31-14-11-22;1-19-6-9-27-25(16-19)26(18-33-27)29-34-28-24(22-8-7-20-4-2-3-5-21(20)17-22)12-15-32-30(28)35(29)23-10-13-31-14-11-23;1-17-15-24(32-18(17)2)26-30-25-23(21-8-7-19-5-3-4-6-20(19)16-21)11-14-29-27(25)31(26)22-9-12-28-13-10-22/h2-11,14,17-19,24,32H,12-13,15-16H2,1H3;2-9,12,15-18,22,31,33H,10-11,13-14H2,1H3;2-9,12,15-18,23,31,33H,10-11,13-14H2,1H3;3-8,11,14-16,22,28H,9-10,12-13H2,1-2H3. The minimum absolute atomic E-state index is 0.0121. The van der Waals surface area contributed by atoms with Gasteiger partial charge in [-0.3, -0.25) is 9.36 Å². The van der Waals surface area contributed by atoms with Crippen molar-refractivity contribution in [3.05, 3.63) is 321 Å². The largest absolute Gasteiger partial charge is 0.497 e. The lowest BCUT2D eigenvalue weighted by atomic mass is 10.0. The molecule has 4 saturated heterocycles. The Hall–Kier alpha value is -15.9. The van der Waals surface area contributed by atoms with Crippen molar-refractivity contribution in [1.82, 2.24) is 93.9 Å². The average Bonchev–Trinajstić information content (AvgIpc) is 1.62. The Morgan fingerprint density at radius 3 is 1.06 bits per heavy atom. The van der Waals surface area contributed by atoms with Gasteiger partial charge < -0.3 is 58.7 Å². The van der Waals surface area contributed by atoms with Gasteiger partial charge in [0, 0.05) is 141 Å². The molecule has 692 valence electrons. The van der Waals surface area contributed by atoms with Gasteiger partial charge in [0.1, 0.15) is 51.0 Å². The topological polar surface area (TPSA) is 247 Å². The number of imidazole rings is 4.